The molecule has 2 bridgehead atoms. The van der Waals surface area contributed by atoms with E-state index in [4.69, 9.17) is 9.84 Å². The number of fused-ring (bicyclic) bond motifs is 3. The molecule has 2 atom stereocenters. The molecule has 5 rings (SSSR count). The SMILES string of the molecule is CC.CC.O=C(COc1ccc(F)cc1)N1CCn2nc(N3C4CCC3CNC4)cc2C1. The topological polar surface area (TPSA) is 62.6 Å². The number of benzene rings is 1. The first kappa shape index (κ1) is 24.0. The summed E-state index contributed by atoms with van der Waals surface area (Å²) in [6.45, 7) is 11.8. The van der Waals surface area contributed by atoms with Crippen LogP contribution in [0.15, 0.2) is 30.3 Å². The highest BCUT2D eigenvalue weighted by molar-refractivity contribution is 5.77. The van der Waals surface area contributed by atoms with E-state index < -0.39 is 0 Å². The lowest BCUT2D eigenvalue weighted by Crippen LogP contribution is -2.52. The summed E-state index contributed by atoms with van der Waals surface area (Å²) in [7, 11) is 0. The molecule has 2 saturated heterocycles. The Morgan fingerprint density at radius 3 is 2.41 bits per heavy atom. The number of nitrogens with one attached hydrogen (secondary N) is 1. The maximum Gasteiger partial charge on any atom is 0.260 e. The van der Waals surface area contributed by atoms with Crippen molar-refractivity contribution in [1.29, 1.82) is 0 Å². The van der Waals surface area contributed by atoms with Crippen molar-refractivity contribution in [3.8, 4) is 5.75 Å². The summed E-state index contributed by atoms with van der Waals surface area (Å²) in [5.74, 6) is 1.14. The van der Waals surface area contributed by atoms with Gasteiger partial charge in [0, 0.05) is 37.8 Å². The molecule has 0 spiro atoms. The number of halogens is 1. The lowest BCUT2D eigenvalue weighted by atomic mass is 10.2. The Kier molecular flexibility index (Phi) is 8.50. The number of ether oxygens (including phenoxy) is 1. The van der Waals surface area contributed by atoms with E-state index in [1.807, 2.05) is 32.4 Å². The first-order valence-electron chi connectivity index (χ1n) is 11.9. The van der Waals surface area contributed by atoms with Crippen molar-refractivity contribution in [2.75, 3.05) is 31.1 Å². The summed E-state index contributed by atoms with van der Waals surface area (Å²) < 4.78 is 20.5. The highest BCUT2D eigenvalue weighted by atomic mass is 19.1. The summed E-state index contributed by atoms with van der Waals surface area (Å²) in [6, 6.07) is 8.89. The van der Waals surface area contributed by atoms with E-state index >= 15 is 0 Å². The normalized spacial score (nSPS) is 21.0. The molecule has 3 aliphatic rings. The third-order valence-electron chi connectivity index (χ3n) is 5.96. The second-order valence-corrected chi connectivity index (χ2v) is 7.73. The molecule has 3 aliphatic heterocycles. The minimum Gasteiger partial charge on any atom is -0.484 e. The van der Waals surface area contributed by atoms with Gasteiger partial charge in [0.15, 0.2) is 12.4 Å². The molecular weight excluding hydrogens is 409 g/mol. The number of amides is 1. The molecule has 7 nitrogen and oxygen atoms in total. The third-order valence-corrected chi connectivity index (χ3v) is 5.96. The van der Waals surface area contributed by atoms with Crippen LogP contribution in [0.25, 0.3) is 0 Å². The van der Waals surface area contributed by atoms with Crippen LogP contribution in [0.4, 0.5) is 10.2 Å². The summed E-state index contributed by atoms with van der Waals surface area (Å²) >= 11 is 0. The van der Waals surface area contributed by atoms with Crippen LogP contribution in [0.1, 0.15) is 46.2 Å². The van der Waals surface area contributed by atoms with Crippen LogP contribution in [-0.2, 0) is 17.9 Å². The molecule has 1 aromatic heterocycles. The second kappa shape index (κ2) is 11.3. The van der Waals surface area contributed by atoms with Crippen molar-refractivity contribution < 1.29 is 13.9 Å². The molecule has 1 amide bonds. The molecule has 0 saturated carbocycles. The zero-order valence-electron chi connectivity index (χ0n) is 19.7. The summed E-state index contributed by atoms with van der Waals surface area (Å²) in [4.78, 5) is 16.8. The van der Waals surface area contributed by atoms with Gasteiger partial charge in [0.1, 0.15) is 11.6 Å². The Morgan fingerprint density at radius 1 is 1.09 bits per heavy atom. The molecule has 0 radical (unpaired) electrons. The molecule has 2 aromatic rings. The number of piperazine rings is 1. The number of nitrogens with zero attached hydrogens (tertiary/aromatic N) is 4. The van der Waals surface area contributed by atoms with Crippen LogP contribution >= 0.6 is 0 Å². The number of hydrogen-bond donors (Lipinski definition) is 1. The molecule has 4 heterocycles. The smallest absolute Gasteiger partial charge is 0.260 e. The zero-order valence-corrected chi connectivity index (χ0v) is 19.7. The number of rotatable bonds is 4. The van der Waals surface area contributed by atoms with Crippen molar-refractivity contribution in [3.05, 3.63) is 41.8 Å². The van der Waals surface area contributed by atoms with Crippen LogP contribution in [0, 0.1) is 5.82 Å². The fourth-order valence-corrected chi connectivity index (χ4v) is 4.51. The molecular formula is C24H36FN5O2. The minimum absolute atomic E-state index is 0.0471. The average Bonchev–Trinajstić information content (AvgIpc) is 3.37. The van der Waals surface area contributed by atoms with Gasteiger partial charge in [0.05, 0.1) is 18.8 Å². The van der Waals surface area contributed by atoms with Gasteiger partial charge < -0.3 is 19.9 Å². The van der Waals surface area contributed by atoms with E-state index in [-0.39, 0.29) is 18.3 Å². The quantitative estimate of drug-likeness (QED) is 0.781. The highest BCUT2D eigenvalue weighted by Gasteiger charge is 2.38. The molecule has 8 heteroatoms. The molecule has 2 fully saturated rings. The Morgan fingerprint density at radius 2 is 1.75 bits per heavy atom. The monoisotopic (exact) mass is 445 g/mol. The number of aromatic nitrogens is 2. The molecule has 2 unspecified atom stereocenters. The van der Waals surface area contributed by atoms with Gasteiger partial charge in [-0.25, -0.2) is 4.39 Å². The third kappa shape index (κ3) is 5.23. The van der Waals surface area contributed by atoms with Crippen LogP contribution < -0.4 is 15.0 Å². The van der Waals surface area contributed by atoms with Gasteiger partial charge in [-0.15, -0.1) is 0 Å². The lowest BCUT2D eigenvalue weighted by molar-refractivity contribution is -0.134. The second-order valence-electron chi connectivity index (χ2n) is 7.73. The fourth-order valence-electron chi connectivity index (χ4n) is 4.51. The fraction of sp³-hybridized carbons (Fsp3) is 0.583. The van der Waals surface area contributed by atoms with E-state index in [2.05, 4.69) is 16.3 Å². The Bertz CT molecular complexity index is 854. The zero-order chi connectivity index (χ0) is 23.1. The van der Waals surface area contributed by atoms with Crippen molar-refractivity contribution >= 4 is 11.7 Å². The molecule has 176 valence electrons. The first-order chi connectivity index (χ1) is 15.7. The summed E-state index contributed by atoms with van der Waals surface area (Å²) in [5.41, 5.74) is 1.06. The van der Waals surface area contributed by atoms with E-state index in [0.717, 1.165) is 24.6 Å². The van der Waals surface area contributed by atoms with Gasteiger partial charge in [-0.3, -0.25) is 9.48 Å². The Labute approximate surface area is 190 Å². The van der Waals surface area contributed by atoms with Gasteiger partial charge in [-0.05, 0) is 37.1 Å². The molecule has 1 aromatic carbocycles. The predicted octanol–water partition coefficient (Wildman–Crippen LogP) is 3.44. The van der Waals surface area contributed by atoms with Crippen LogP contribution in [0.3, 0.4) is 0 Å². The van der Waals surface area contributed by atoms with Gasteiger partial charge in [0.2, 0.25) is 0 Å². The molecule has 0 aliphatic carbocycles. The minimum atomic E-state index is -0.323. The number of anilines is 1. The van der Waals surface area contributed by atoms with Crippen molar-refractivity contribution in [3.63, 3.8) is 0 Å². The number of hydrogen-bond acceptors (Lipinski definition) is 5. The van der Waals surface area contributed by atoms with Crippen molar-refractivity contribution in [1.82, 2.24) is 20.0 Å². The van der Waals surface area contributed by atoms with Crippen LogP contribution in [0.2, 0.25) is 0 Å². The van der Waals surface area contributed by atoms with Crippen LogP contribution in [0.5, 0.6) is 5.75 Å². The van der Waals surface area contributed by atoms with Crippen LogP contribution in [-0.4, -0.2) is 58.9 Å². The number of carbonyl (C=O) groups excluding carboxylic acids is 1. The standard InChI is InChI=1S/C20H24FN5O2.2C2H6/c21-14-1-5-18(6-2-14)28-13-20(27)24-7-8-25-17(12-24)9-19(23-25)26-15-3-4-16(26)11-22-10-15;2*1-2/h1-2,5-6,9,15-16,22H,3-4,7-8,10-13H2;2*1-2H3. The van der Waals surface area contributed by atoms with Gasteiger partial charge in [0.25, 0.3) is 5.91 Å². The predicted molar refractivity (Wildman–Crippen MR) is 124 cm³/mol. The van der Waals surface area contributed by atoms with E-state index in [1.165, 1.54) is 37.1 Å². The van der Waals surface area contributed by atoms with E-state index in [1.54, 1.807) is 4.90 Å². The van der Waals surface area contributed by atoms with Crippen molar-refractivity contribution in [2.24, 2.45) is 0 Å². The van der Waals surface area contributed by atoms with Gasteiger partial charge in [-0.2, -0.15) is 5.10 Å². The molecule has 32 heavy (non-hydrogen) atoms. The largest absolute Gasteiger partial charge is 0.484 e. The average molecular weight is 446 g/mol. The maximum atomic E-state index is 13.0. The Hall–Kier alpha value is -2.61. The lowest BCUT2D eigenvalue weighted by Gasteiger charge is -2.35. The summed E-state index contributed by atoms with van der Waals surface area (Å²) in [6.07, 6.45) is 2.43. The number of carbonyl (C=O) groups is 1. The van der Waals surface area contributed by atoms with E-state index in [0.29, 0.717) is 37.5 Å². The highest BCUT2D eigenvalue weighted by Crippen LogP contribution is 2.32. The maximum absolute atomic E-state index is 13.0. The molecule has 1 N–H and O–H groups in total. The van der Waals surface area contributed by atoms with E-state index in [9.17, 15) is 9.18 Å². The summed E-state index contributed by atoms with van der Waals surface area (Å²) in [5, 5.41) is 8.32. The Balaban J connectivity index is 0.000000686. The van der Waals surface area contributed by atoms with Crippen molar-refractivity contribution in [2.45, 2.75) is 65.7 Å². The van der Waals surface area contributed by atoms with Gasteiger partial charge >= 0.3 is 0 Å². The first-order valence-corrected chi connectivity index (χ1v) is 11.9. The van der Waals surface area contributed by atoms with Gasteiger partial charge in [-0.1, -0.05) is 27.7 Å².